The standard InChI is InChI=1S/C19H20ClN5O/c20-15-4-2-14(3-5-15)12-24-10-6-16(7-11-24)22-18(26)17-13-25-9-1-8-21-19(25)23-17/h1-5,8-9,13,16H,6-7,10-12H2,(H,22,26). The monoisotopic (exact) mass is 369 g/mol. The molecule has 0 spiro atoms. The Kier molecular flexibility index (Phi) is 4.86. The molecule has 0 radical (unpaired) electrons. The number of likely N-dealkylation sites (tertiary alicyclic amines) is 1. The Hall–Kier alpha value is -2.44. The van der Waals surface area contributed by atoms with Gasteiger partial charge >= 0.3 is 0 Å². The molecule has 3 aromatic rings. The van der Waals surface area contributed by atoms with Crippen LogP contribution in [0.5, 0.6) is 0 Å². The Labute approximate surface area is 156 Å². The second-order valence-corrected chi connectivity index (χ2v) is 7.04. The maximum absolute atomic E-state index is 12.4. The molecule has 1 aromatic carbocycles. The second kappa shape index (κ2) is 7.43. The molecule has 7 heteroatoms. The zero-order valence-corrected chi connectivity index (χ0v) is 15.1. The number of carbonyl (C=O) groups is 1. The Morgan fingerprint density at radius 3 is 2.73 bits per heavy atom. The molecule has 134 valence electrons. The first-order valence-electron chi connectivity index (χ1n) is 8.75. The van der Waals surface area contributed by atoms with Crippen LogP contribution >= 0.6 is 11.6 Å². The summed E-state index contributed by atoms with van der Waals surface area (Å²) >= 11 is 5.93. The number of benzene rings is 1. The first-order valence-corrected chi connectivity index (χ1v) is 9.12. The number of aromatic nitrogens is 3. The molecule has 0 unspecified atom stereocenters. The number of hydrogen-bond acceptors (Lipinski definition) is 4. The maximum Gasteiger partial charge on any atom is 0.271 e. The molecule has 1 N–H and O–H groups in total. The number of imidazole rings is 1. The zero-order chi connectivity index (χ0) is 17.9. The minimum absolute atomic E-state index is 0.133. The predicted octanol–water partition coefficient (Wildman–Crippen LogP) is 2.78. The average Bonchev–Trinajstić information content (AvgIpc) is 3.10. The fourth-order valence-electron chi connectivity index (χ4n) is 3.28. The van der Waals surface area contributed by atoms with E-state index in [1.165, 1.54) is 5.56 Å². The van der Waals surface area contributed by atoms with E-state index >= 15 is 0 Å². The van der Waals surface area contributed by atoms with E-state index in [9.17, 15) is 4.79 Å². The summed E-state index contributed by atoms with van der Waals surface area (Å²) in [6, 6.07) is 9.97. The molecule has 0 bridgehead atoms. The van der Waals surface area contributed by atoms with Gasteiger partial charge in [-0.05, 0) is 36.6 Å². The molecule has 0 aliphatic carbocycles. The van der Waals surface area contributed by atoms with Crippen molar-refractivity contribution in [3.05, 3.63) is 65.2 Å². The van der Waals surface area contributed by atoms with Crippen molar-refractivity contribution in [2.45, 2.75) is 25.4 Å². The lowest BCUT2D eigenvalue weighted by Crippen LogP contribution is -2.44. The molecule has 26 heavy (non-hydrogen) atoms. The van der Waals surface area contributed by atoms with Gasteiger partial charge in [0, 0.05) is 49.3 Å². The van der Waals surface area contributed by atoms with Gasteiger partial charge in [-0.2, -0.15) is 0 Å². The first kappa shape index (κ1) is 17.0. The van der Waals surface area contributed by atoms with Gasteiger partial charge in [-0.3, -0.25) is 14.1 Å². The lowest BCUT2D eigenvalue weighted by Gasteiger charge is -2.32. The van der Waals surface area contributed by atoms with Gasteiger partial charge in [0.05, 0.1) is 0 Å². The molecule has 6 nitrogen and oxygen atoms in total. The highest BCUT2D eigenvalue weighted by atomic mass is 35.5. The van der Waals surface area contributed by atoms with Crippen LogP contribution in [-0.2, 0) is 6.54 Å². The first-order chi connectivity index (χ1) is 12.7. The van der Waals surface area contributed by atoms with Crippen molar-refractivity contribution in [1.82, 2.24) is 24.6 Å². The summed E-state index contributed by atoms with van der Waals surface area (Å²) in [5, 5.41) is 3.86. The number of piperidine rings is 1. The van der Waals surface area contributed by atoms with Crippen molar-refractivity contribution in [2.75, 3.05) is 13.1 Å². The van der Waals surface area contributed by atoms with Crippen molar-refractivity contribution in [1.29, 1.82) is 0 Å². The number of rotatable bonds is 4. The lowest BCUT2D eigenvalue weighted by molar-refractivity contribution is 0.0904. The number of nitrogens with zero attached hydrogens (tertiary/aromatic N) is 4. The molecule has 0 atom stereocenters. The number of amides is 1. The Morgan fingerprint density at radius 1 is 1.23 bits per heavy atom. The fraction of sp³-hybridized carbons (Fsp3) is 0.316. The molecule has 1 fully saturated rings. The summed E-state index contributed by atoms with van der Waals surface area (Å²) in [5.41, 5.74) is 1.67. The summed E-state index contributed by atoms with van der Waals surface area (Å²) < 4.78 is 1.75. The Morgan fingerprint density at radius 2 is 2.00 bits per heavy atom. The minimum Gasteiger partial charge on any atom is -0.348 e. The minimum atomic E-state index is -0.133. The normalized spacial score (nSPS) is 16.0. The quantitative estimate of drug-likeness (QED) is 0.768. The molecule has 0 saturated carbocycles. The topological polar surface area (TPSA) is 62.5 Å². The molecular formula is C19H20ClN5O. The smallest absolute Gasteiger partial charge is 0.271 e. The number of carbonyl (C=O) groups excluding carboxylic acids is 1. The predicted molar refractivity (Wildman–Crippen MR) is 100 cm³/mol. The molecule has 1 aliphatic heterocycles. The Balaban J connectivity index is 1.30. The van der Waals surface area contributed by atoms with E-state index in [1.54, 1.807) is 16.8 Å². The van der Waals surface area contributed by atoms with Crippen LogP contribution in [-0.4, -0.2) is 44.3 Å². The highest BCUT2D eigenvalue weighted by molar-refractivity contribution is 6.30. The largest absolute Gasteiger partial charge is 0.348 e. The number of fused-ring (bicyclic) bond motifs is 1. The van der Waals surface area contributed by atoms with Crippen LogP contribution in [0.4, 0.5) is 0 Å². The van der Waals surface area contributed by atoms with E-state index in [2.05, 4.69) is 32.3 Å². The van der Waals surface area contributed by atoms with Crippen molar-refractivity contribution in [3.8, 4) is 0 Å². The van der Waals surface area contributed by atoms with Crippen LogP contribution in [0.3, 0.4) is 0 Å². The van der Waals surface area contributed by atoms with Gasteiger partial charge in [-0.1, -0.05) is 23.7 Å². The van der Waals surface area contributed by atoms with Crippen molar-refractivity contribution in [2.24, 2.45) is 0 Å². The van der Waals surface area contributed by atoms with Gasteiger partial charge in [0.2, 0.25) is 5.78 Å². The summed E-state index contributed by atoms with van der Waals surface area (Å²) in [7, 11) is 0. The van der Waals surface area contributed by atoms with E-state index in [4.69, 9.17) is 11.6 Å². The number of halogens is 1. The molecule has 2 aromatic heterocycles. The maximum atomic E-state index is 12.4. The van der Waals surface area contributed by atoms with Gasteiger partial charge in [0.15, 0.2) is 0 Å². The molecule has 1 aliphatic rings. The third-order valence-electron chi connectivity index (χ3n) is 4.71. The SMILES string of the molecule is O=C(NC1CCN(Cc2ccc(Cl)cc2)CC1)c1cn2cccnc2n1. The third-order valence-corrected chi connectivity index (χ3v) is 4.96. The van der Waals surface area contributed by atoms with Crippen LogP contribution in [0.1, 0.15) is 28.9 Å². The van der Waals surface area contributed by atoms with Gasteiger partial charge in [-0.15, -0.1) is 0 Å². The summed E-state index contributed by atoms with van der Waals surface area (Å²) in [6.07, 6.45) is 7.09. The second-order valence-electron chi connectivity index (χ2n) is 6.60. The highest BCUT2D eigenvalue weighted by Gasteiger charge is 2.22. The molecule has 1 saturated heterocycles. The summed E-state index contributed by atoms with van der Waals surface area (Å²) in [5.74, 6) is 0.405. The summed E-state index contributed by atoms with van der Waals surface area (Å²) in [4.78, 5) is 23.3. The van der Waals surface area contributed by atoms with E-state index in [1.807, 2.05) is 24.4 Å². The van der Waals surface area contributed by atoms with Crippen LogP contribution in [0, 0.1) is 0 Å². The number of hydrogen-bond donors (Lipinski definition) is 1. The van der Waals surface area contributed by atoms with Crippen molar-refractivity contribution < 1.29 is 4.79 Å². The van der Waals surface area contributed by atoms with Gasteiger partial charge < -0.3 is 5.32 Å². The van der Waals surface area contributed by atoms with Gasteiger partial charge in [0.25, 0.3) is 5.91 Å². The Bertz CT molecular complexity index is 867. The van der Waals surface area contributed by atoms with E-state index in [0.29, 0.717) is 11.5 Å². The zero-order valence-electron chi connectivity index (χ0n) is 14.3. The van der Waals surface area contributed by atoms with Crippen LogP contribution in [0.15, 0.2) is 48.9 Å². The number of nitrogens with one attached hydrogen (secondary N) is 1. The molecule has 1 amide bonds. The van der Waals surface area contributed by atoms with Crippen molar-refractivity contribution >= 4 is 23.3 Å². The third kappa shape index (κ3) is 3.86. The van der Waals surface area contributed by atoms with Crippen LogP contribution in [0.25, 0.3) is 5.78 Å². The van der Waals surface area contributed by atoms with Crippen LogP contribution < -0.4 is 5.32 Å². The fourth-order valence-corrected chi connectivity index (χ4v) is 3.41. The van der Waals surface area contributed by atoms with Crippen LogP contribution in [0.2, 0.25) is 5.02 Å². The van der Waals surface area contributed by atoms with E-state index in [0.717, 1.165) is 37.5 Å². The van der Waals surface area contributed by atoms with E-state index < -0.39 is 0 Å². The van der Waals surface area contributed by atoms with Gasteiger partial charge in [-0.25, -0.2) is 9.97 Å². The highest BCUT2D eigenvalue weighted by Crippen LogP contribution is 2.16. The molecule has 3 heterocycles. The lowest BCUT2D eigenvalue weighted by atomic mass is 10.0. The summed E-state index contributed by atoms with van der Waals surface area (Å²) in [6.45, 7) is 2.83. The molecular weight excluding hydrogens is 350 g/mol. The molecule has 4 rings (SSSR count). The van der Waals surface area contributed by atoms with Crippen molar-refractivity contribution in [3.63, 3.8) is 0 Å². The van der Waals surface area contributed by atoms with Gasteiger partial charge in [0.1, 0.15) is 5.69 Å². The van der Waals surface area contributed by atoms with E-state index in [-0.39, 0.29) is 11.9 Å². The average molecular weight is 370 g/mol.